The molecule has 2 aliphatic rings. The van der Waals surface area contributed by atoms with E-state index in [4.69, 9.17) is 5.11 Å². The number of fused-ring (bicyclic) bond motifs is 1. The number of aliphatic hydroxyl groups excluding tert-OH is 1. The number of rotatable bonds is 3. The second kappa shape index (κ2) is 4.84. The molecule has 0 aromatic rings. The summed E-state index contributed by atoms with van der Waals surface area (Å²) in [6.07, 6.45) is 9.40. The Morgan fingerprint density at radius 3 is 2.73 bits per heavy atom. The maximum atomic E-state index is 8.95. The summed E-state index contributed by atoms with van der Waals surface area (Å²) in [5.74, 6) is 0.899. The van der Waals surface area contributed by atoms with E-state index in [0.29, 0.717) is 6.61 Å². The SMILES string of the molecule is C[N+]12CCCCC1[C@H](CCCO)CCC2. The average molecular weight is 212 g/mol. The van der Waals surface area contributed by atoms with Gasteiger partial charge in [-0.05, 0) is 44.9 Å². The first kappa shape index (κ1) is 11.4. The van der Waals surface area contributed by atoms with Crippen LogP contribution < -0.4 is 0 Å². The molecule has 88 valence electrons. The molecule has 15 heavy (non-hydrogen) atoms. The smallest absolute Gasteiger partial charge is 0.0916 e. The zero-order valence-corrected chi connectivity index (χ0v) is 10.1. The fraction of sp³-hybridized carbons (Fsp3) is 1.00. The summed E-state index contributed by atoms with van der Waals surface area (Å²) in [5.41, 5.74) is 0. The third-order valence-electron chi connectivity index (χ3n) is 4.74. The Kier molecular flexibility index (Phi) is 3.68. The van der Waals surface area contributed by atoms with E-state index in [2.05, 4.69) is 7.05 Å². The minimum absolute atomic E-state index is 0.382. The minimum atomic E-state index is 0.382. The minimum Gasteiger partial charge on any atom is -0.396 e. The Balaban J connectivity index is 1.99. The quantitative estimate of drug-likeness (QED) is 0.711. The molecule has 2 nitrogen and oxygen atoms in total. The van der Waals surface area contributed by atoms with Crippen molar-refractivity contribution in [2.45, 2.75) is 51.0 Å². The molecule has 3 atom stereocenters. The Hall–Kier alpha value is -0.0800. The van der Waals surface area contributed by atoms with Crippen LogP contribution in [-0.4, -0.2) is 42.4 Å². The van der Waals surface area contributed by atoms with Gasteiger partial charge in [-0.25, -0.2) is 0 Å². The zero-order chi connectivity index (χ0) is 10.7. The Bertz CT molecular complexity index is 203. The van der Waals surface area contributed by atoms with Crippen LogP contribution in [0.3, 0.4) is 0 Å². The molecule has 2 rings (SSSR count). The molecule has 2 saturated heterocycles. The number of hydrogen-bond acceptors (Lipinski definition) is 1. The van der Waals surface area contributed by atoms with E-state index >= 15 is 0 Å². The highest BCUT2D eigenvalue weighted by atomic mass is 16.2. The molecule has 2 fully saturated rings. The summed E-state index contributed by atoms with van der Waals surface area (Å²) in [7, 11) is 2.47. The molecule has 0 saturated carbocycles. The fourth-order valence-electron chi connectivity index (χ4n) is 3.92. The Morgan fingerprint density at radius 2 is 1.93 bits per heavy atom. The van der Waals surface area contributed by atoms with E-state index in [0.717, 1.165) is 18.4 Å². The van der Waals surface area contributed by atoms with Crippen LogP contribution in [0.1, 0.15) is 44.9 Å². The fourth-order valence-corrected chi connectivity index (χ4v) is 3.92. The van der Waals surface area contributed by atoms with Gasteiger partial charge in [0, 0.05) is 12.5 Å². The van der Waals surface area contributed by atoms with Crippen molar-refractivity contribution in [1.82, 2.24) is 0 Å². The maximum absolute atomic E-state index is 8.95. The van der Waals surface area contributed by atoms with E-state index in [1.165, 1.54) is 56.1 Å². The Labute approximate surface area is 93.9 Å². The van der Waals surface area contributed by atoms with Crippen LogP contribution >= 0.6 is 0 Å². The molecule has 2 heteroatoms. The molecule has 0 bridgehead atoms. The van der Waals surface area contributed by atoms with Crippen molar-refractivity contribution < 1.29 is 9.59 Å². The highest BCUT2D eigenvalue weighted by molar-refractivity contribution is 4.78. The zero-order valence-electron chi connectivity index (χ0n) is 10.1. The van der Waals surface area contributed by atoms with Crippen LogP contribution in [0.4, 0.5) is 0 Å². The molecule has 0 radical (unpaired) electrons. The lowest BCUT2D eigenvalue weighted by Crippen LogP contribution is -2.60. The third-order valence-corrected chi connectivity index (χ3v) is 4.74. The molecule has 1 N–H and O–H groups in total. The van der Waals surface area contributed by atoms with Gasteiger partial charge in [0.2, 0.25) is 0 Å². The summed E-state index contributed by atoms with van der Waals surface area (Å²) in [6.45, 7) is 3.19. The monoisotopic (exact) mass is 212 g/mol. The number of aliphatic hydroxyl groups is 1. The molecule has 2 aliphatic heterocycles. The van der Waals surface area contributed by atoms with Crippen molar-refractivity contribution in [1.29, 1.82) is 0 Å². The van der Waals surface area contributed by atoms with Crippen molar-refractivity contribution in [2.75, 3.05) is 26.7 Å². The van der Waals surface area contributed by atoms with E-state index in [1.807, 2.05) is 0 Å². The number of nitrogens with zero attached hydrogens (tertiary/aromatic N) is 1. The predicted molar refractivity (Wildman–Crippen MR) is 62.6 cm³/mol. The van der Waals surface area contributed by atoms with E-state index < -0.39 is 0 Å². The predicted octanol–water partition coefficient (Wildman–Crippen LogP) is 2.17. The average Bonchev–Trinajstić information content (AvgIpc) is 2.25. The van der Waals surface area contributed by atoms with Crippen LogP contribution in [0.15, 0.2) is 0 Å². The molecule has 0 spiro atoms. The van der Waals surface area contributed by atoms with Crippen molar-refractivity contribution in [3.63, 3.8) is 0 Å². The summed E-state index contributed by atoms with van der Waals surface area (Å²) >= 11 is 0. The topological polar surface area (TPSA) is 20.2 Å². The second-order valence-electron chi connectivity index (χ2n) is 5.76. The van der Waals surface area contributed by atoms with Crippen LogP contribution in [0.2, 0.25) is 0 Å². The van der Waals surface area contributed by atoms with Crippen molar-refractivity contribution in [3.8, 4) is 0 Å². The summed E-state index contributed by atoms with van der Waals surface area (Å²) in [5, 5.41) is 8.95. The largest absolute Gasteiger partial charge is 0.396 e. The van der Waals surface area contributed by atoms with Gasteiger partial charge in [0.1, 0.15) is 0 Å². The lowest BCUT2D eigenvalue weighted by molar-refractivity contribution is -0.947. The maximum Gasteiger partial charge on any atom is 0.0916 e. The molecule has 0 amide bonds. The first-order chi connectivity index (χ1) is 7.26. The third kappa shape index (κ3) is 2.36. The van der Waals surface area contributed by atoms with Gasteiger partial charge in [-0.1, -0.05) is 0 Å². The highest BCUT2D eigenvalue weighted by Crippen LogP contribution is 2.37. The van der Waals surface area contributed by atoms with Gasteiger partial charge >= 0.3 is 0 Å². The summed E-state index contributed by atoms with van der Waals surface area (Å²) < 4.78 is 1.34. The number of hydrogen-bond donors (Lipinski definition) is 1. The van der Waals surface area contributed by atoms with Crippen LogP contribution in [0, 0.1) is 5.92 Å². The molecular weight excluding hydrogens is 186 g/mol. The number of piperidine rings is 2. The number of quaternary nitrogens is 1. The van der Waals surface area contributed by atoms with Gasteiger partial charge in [-0.15, -0.1) is 0 Å². The van der Waals surface area contributed by atoms with Gasteiger partial charge < -0.3 is 9.59 Å². The first-order valence-corrected chi connectivity index (χ1v) is 6.71. The molecule has 2 heterocycles. The molecule has 0 aromatic carbocycles. The van der Waals surface area contributed by atoms with E-state index in [-0.39, 0.29) is 0 Å². The van der Waals surface area contributed by atoms with E-state index in [1.54, 1.807) is 0 Å². The normalized spacial score (nSPS) is 41.2. The van der Waals surface area contributed by atoms with Crippen LogP contribution in [0.5, 0.6) is 0 Å². The lowest BCUT2D eigenvalue weighted by Gasteiger charge is -2.51. The van der Waals surface area contributed by atoms with Crippen LogP contribution in [-0.2, 0) is 0 Å². The van der Waals surface area contributed by atoms with Gasteiger partial charge in [0.05, 0.1) is 26.2 Å². The van der Waals surface area contributed by atoms with E-state index in [9.17, 15) is 0 Å². The molecular formula is C13H26NO+. The standard InChI is InChI=1S/C13H26NO/c1-14-9-3-2-8-13(14)12(6-4-10-14)7-5-11-15/h12-13,15H,2-11H2,1H3/q+1/t12-,13?,14?/m0/s1. The summed E-state index contributed by atoms with van der Waals surface area (Å²) in [4.78, 5) is 0. The second-order valence-corrected chi connectivity index (χ2v) is 5.76. The Morgan fingerprint density at radius 1 is 1.13 bits per heavy atom. The molecule has 0 aliphatic carbocycles. The van der Waals surface area contributed by atoms with Gasteiger partial charge in [0.15, 0.2) is 0 Å². The van der Waals surface area contributed by atoms with Gasteiger partial charge in [-0.3, -0.25) is 0 Å². The molecule has 2 unspecified atom stereocenters. The van der Waals surface area contributed by atoms with Crippen LogP contribution in [0.25, 0.3) is 0 Å². The van der Waals surface area contributed by atoms with Crippen molar-refractivity contribution >= 4 is 0 Å². The lowest BCUT2D eigenvalue weighted by atomic mass is 9.79. The molecule has 0 aromatic heterocycles. The van der Waals surface area contributed by atoms with Crippen molar-refractivity contribution in [3.05, 3.63) is 0 Å². The highest BCUT2D eigenvalue weighted by Gasteiger charge is 2.42. The van der Waals surface area contributed by atoms with Gasteiger partial charge in [0.25, 0.3) is 0 Å². The first-order valence-electron chi connectivity index (χ1n) is 6.71. The van der Waals surface area contributed by atoms with Gasteiger partial charge in [-0.2, -0.15) is 0 Å². The summed E-state index contributed by atoms with van der Waals surface area (Å²) in [6, 6.07) is 0.916. The van der Waals surface area contributed by atoms with Crippen molar-refractivity contribution in [2.24, 2.45) is 5.92 Å².